The van der Waals surface area contributed by atoms with Gasteiger partial charge in [0, 0.05) is 28.6 Å². The van der Waals surface area contributed by atoms with Crippen LogP contribution in [-0.2, 0) is 13.0 Å². The number of pyridine rings is 1. The number of nitrogens with two attached hydrogens (primary N) is 1. The molecule has 4 N–H and O–H groups in total. The number of aromatic nitrogens is 3. The van der Waals surface area contributed by atoms with Gasteiger partial charge in [0.05, 0.1) is 16.1 Å². The summed E-state index contributed by atoms with van der Waals surface area (Å²) in [4.78, 5) is 14.1. The van der Waals surface area contributed by atoms with E-state index >= 15 is 0 Å². The highest BCUT2D eigenvalue weighted by Gasteiger charge is 2.13. The van der Waals surface area contributed by atoms with E-state index in [0.29, 0.717) is 23.8 Å². The van der Waals surface area contributed by atoms with Crippen LogP contribution >= 0.6 is 35.8 Å². The van der Waals surface area contributed by atoms with Crippen LogP contribution in [-0.4, -0.2) is 26.7 Å². The van der Waals surface area contributed by atoms with E-state index in [1.165, 1.54) is 0 Å². The van der Waals surface area contributed by atoms with Crippen LogP contribution in [0.15, 0.2) is 67.1 Å². The quantitative estimate of drug-likeness (QED) is 0.212. The van der Waals surface area contributed by atoms with E-state index < -0.39 is 0 Å². The third kappa shape index (κ3) is 5.40. The summed E-state index contributed by atoms with van der Waals surface area (Å²) in [5.74, 6) is 1.31. The smallest absolute Gasteiger partial charge is 0.143 e. The summed E-state index contributed by atoms with van der Waals surface area (Å²) in [6.07, 6.45) is 3.92. The zero-order valence-electron chi connectivity index (χ0n) is 18.0. The second-order valence-electron chi connectivity index (χ2n) is 7.19. The molecule has 5 aromatic rings. The average molecular weight is 512 g/mol. The molecule has 3 heterocycles. The summed E-state index contributed by atoms with van der Waals surface area (Å²) < 4.78 is 6.93. The van der Waals surface area contributed by atoms with Crippen molar-refractivity contribution in [2.45, 2.75) is 13.0 Å². The number of thiophene rings is 1. The number of thiol groups is 1. The van der Waals surface area contributed by atoms with Gasteiger partial charge < -0.3 is 15.2 Å². The number of benzene rings is 2. The lowest BCUT2D eigenvalue weighted by Crippen LogP contribution is -1.99. The number of aliphatic hydroxyl groups is 1. The van der Waals surface area contributed by atoms with Crippen LogP contribution < -0.4 is 15.2 Å². The predicted octanol–water partition coefficient (Wildman–Crippen LogP) is 5.54. The van der Waals surface area contributed by atoms with Gasteiger partial charge in [0.15, 0.2) is 0 Å². The van der Waals surface area contributed by atoms with Crippen LogP contribution in [0.4, 0.5) is 11.5 Å². The molecule has 0 saturated carbocycles. The monoisotopic (exact) mass is 511 g/mol. The molecular weight excluding hydrogens is 490 g/mol. The first-order valence-corrected chi connectivity index (χ1v) is 12.0. The number of anilines is 2. The number of aliphatic hydroxyl groups excluding tert-OH is 1. The van der Waals surface area contributed by atoms with Crippen molar-refractivity contribution in [2.24, 2.45) is 5.14 Å². The van der Waals surface area contributed by atoms with Gasteiger partial charge in [-0.05, 0) is 48.4 Å². The van der Waals surface area contributed by atoms with E-state index in [1.54, 1.807) is 23.9 Å². The van der Waals surface area contributed by atoms with Crippen molar-refractivity contribution < 1.29 is 9.84 Å². The summed E-state index contributed by atoms with van der Waals surface area (Å²) in [5.41, 5.74) is 2.74. The molecule has 0 aliphatic carbocycles. The molecule has 0 spiro atoms. The Hall–Kier alpha value is -2.95. The number of hydrogen-bond acceptors (Lipinski definition) is 9. The van der Waals surface area contributed by atoms with Gasteiger partial charge in [-0.2, -0.15) is 0 Å². The molecule has 0 aliphatic rings. The summed E-state index contributed by atoms with van der Waals surface area (Å²) >= 11 is 11.1. The normalized spacial score (nSPS) is 10.7. The van der Waals surface area contributed by atoms with Crippen LogP contribution in [0.25, 0.3) is 20.3 Å². The molecule has 0 saturated heterocycles. The van der Waals surface area contributed by atoms with Crippen molar-refractivity contribution in [1.82, 2.24) is 15.0 Å². The summed E-state index contributed by atoms with van der Waals surface area (Å²) in [6, 6.07) is 17.4. The summed E-state index contributed by atoms with van der Waals surface area (Å²) in [6.45, 7) is 0.477. The molecule has 7 nitrogen and oxygen atoms in total. The van der Waals surface area contributed by atoms with Crippen molar-refractivity contribution in [1.29, 1.82) is 0 Å². The number of nitrogens with one attached hydrogen (secondary N) is 1. The maximum atomic E-state index is 9.22. The maximum Gasteiger partial charge on any atom is 0.143 e. The highest BCUT2D eigenvalue weighted by Crippen LogP contribution is 2.38. The molecule has 0 atom stereocenters. The lowest BCUT2D eigenvalue weighted by molar-refractivity contribution is 0.299. The van der Waals surface area contributed by atoms with Gasteiger partial charge in [0.2, 0.25) is 0 Å². The van der Waals surface area contributed by atoms with Gasteiger partial charge in [0.1, 0.15) is 29.3 Å². The van der Waals surface area contributed by atoms with Crippen LogP contribution in [0.5, 0.6) is 5.75 Å². The van der Waals surface area contributed by atoms with Crippen LogP contribution in [0.2, 0.25) is 5.02 Å². The second-order valence-corrected chi connectivity index (χ2v) is 8.63. The highest BCUT2D eigenvalue weighted by atomic mass is 35.5. The van der Waals surface area contributed by atoms with Crippen LogP contribution in [0.3, 0.4) is 0 Å². The maximum absolute atomic E-state index is 9.22. The molecule has 0 radical (unpaired) electrons. The number of nitrogens with zero attached hydrogens (tertiary/aromatic N) is 3. The fourth-order valence-electron chi connectivity index (χ4n) is 3.50. The fraction of sp³-hybridized carbons (Fsp3) is 0.125. The van der Waals surface area contributed by atoms with Crippen LogP contribution in [0, 0.1) is 0 Å². The number of fused-ring (bicyclic) bond motifs is 3. The Bertz CT molecular complexity index is 1400. The lowest BCUT2D eigenvalue weighted by atomic mass is 10.1. The Labute approximate surface area is 211 Å². The molecule has 10 heteroatoms. The molecule has 174 valence electrons. The van der Waals surface area contributed by atoms with Crippen molar-refractivity contribution in [2.75, 3.05) is 11.9 Å². The average Bonchev–Trinajstić information content (AvgIpc) is 3.24. The first-order chi connectivity index (χ1) is 16.7. The van der Waals surface area contributed by atoms with Gasteiger partial charge in [-0.1, -0.05) is 29.8 Å². The summed E-state index contributed by atoms with van der Waals surface area (Å²) in [7, 11) is 0. The van der Waals surface area contributed by atoms with Gasteiger partial charge in [-0.3, -0.25) is 10.1 Å². The topological polar surface area (TPSA) is 106 Å². The van der Waals surface area contributed by atoms with Crippen molar-refractivity contribution in [3.05, 3.63) is 83.4 Å². The van der Waals surface area contributed by atoms with E-state index in [1.807, 2.05) is 42.5 Å². The highest BCUT2D eigenvalue weighted by molar-refractivity contribution is 7.77. The van der Waals surface area contributed by atoms with E-state index in [4.69, 9.17) is 16.3 Å². The molecule has 34 heavy (non-hydrogen) atoms. The minimum absolute atomic E-state index is 0.130. The lowest BCUT2D eigenvalue weighted by Gasteiger charge is -2.11. The Morgan fingerprint density at radius 1 is 1.06 bits per heavy atom. The standard InChI is InChI=1S/C24H19ClN4O2S.H3NS/c25-19-12-16(5-7-20(19)31-13-17-3-1-2-9-26-17)29-23-22-18-6-4-15(8-10-30)11-21(18)32-24(22)28-14-27-23;1-2/h1-7,9,11-12,14,30H,8,10,13H2,(H,27,28,29);2H,1H2. The Morgan fingerprint density at radius 2 is 1.94 bits per heavy atom. The molecule has 2 aromatic carbocycles. The van der Waals surface area contributed by atoms with Gasteiger partial charge in [-0.15, -0.1) is 24.2 Å². The third-order valence-corrected chi connectivity index (χ3v) is 6.39. The molecule has 0 fully saturated rings. The Kier molecular flexibility index (Phi) is 8.15. The zero-order valence-corrected chi connectivity index (χ0v) is 20.4. The first kappa shape index (κ1) is 24.2. The Morgan fingerprint density at radius 3 is 2.71 bits per heavy atom. The van der Waals surface area contributed by atoms with Crippen LogP contribution in [0.1, 0.15) is 11.3 Å². The number of rotatable bonds is 7. The fourth-order valence-corrected chi connectivity index (χ4v) is 4.84. The molecule has 5 rings (SSSR count). The molecule has 0 bridgehead atoms. The largest absolute Gasteiger partial charge is 0.486 e. The predicted molar refractivity (Wildman–Crippen MR) is 142 cm³/mol. The molecule has 0 unspecified atom stereocenters. The third-order valence-electron chi connectivity index (χ3n) is 5.03. The molecule has 0 aliphatic heterocycles. The number of ether oxygens (including phenoxy) is 1. The molecular formula is C24H22ClN5O2S2. The number of hydrogen-bond donors (Lipinski definition) is 4. The van der Waals surface area contributed by atoms with E-state index in [0.717, 1.165) is 43.1 Å². The minimum atomic E-state index is 0.130. The van der Waals surface area contributed by atoms with E-state index in [-0.39, 0.29) is 6.61 Å². The number of halogens is 1. The first-order valence-electron chi connectivity index (χ1n) is 10.3. The van der Waals surface area contributed by atoms with E-state index in [2.05, 4.69) is 50.4 Å². The Balaban J connectivity index is 0.00000133. The summed E-state index contributed by atoms with van der Waals surface area (Å²) in [5, 5.41) is 19.3. The minimum Gasteiger partial charge on any atom is -0.486 e. The van der Waals surface area contributed by atoms with Crippen molar-refractivity contribution in [3.63, 3.8) is 0 Å². The SMILES string of the molecule is NS.OCCc1ccc2c(c1)sc1ncnc(Nc3ccc(OCc4ccccn4)c(Cl)c3)c12. The van der Waals surface area contributed by atoms with Crippen molar-refractivity contribution >= 4 is 67.6 Å². The van der Waals surface area contributed by atoms with Gasteiger partial charge >= 0.3 is 0 Å². The van der Waals surface area contributed by atoms with Gasteiger partial charge in [-0.25, -0.2) is 9.97 Å². The second kappa shape index (κ2) is 11.5. The zero-order chi connectivity index (χ0) is 23.9. The van der Waals surface area contributed by atoms with Crippen molar-refractivity contribution in [3.8, 4) is 5.75 Å². The molecule has 3 aromatic heterocycles. The van der Waals surface area contributed by atoms with Gasteiger partial charge in [0.25, 0.3) is 0 Å². The molecule has 0 amide bonds. The van der Waals surface area contributed by atoms with E-state index in [9.17, 15) is 5.11 Å².